The van der Waals surface area contributed by atoms with Gasteiger partial charge in [0.1, 0.15) is 18.1 Å². The van der Waals surface area contributed by atoms with E-state index in [1.807, 2.05) is 13.8 Å². The molecule has 1 aromatic rings. The number of hydrogen-bond acceptors (Lipinski definition) is 8. The second-order valence-corrected chi connectivity index (χ2v) is 8.99. The Bertz CT molecular complexity index is 815. The summed E-state index contributed by atoms with van der Waals surface area (Å²) >= 11 is 0. The van der Waals surface area contributed by atoms with Gasteiger partial charge < -0.3 is 42.6 Å². The highest BCUT2D eigenvalue weighted by molar-refractivity contribution is 5.94. The van der Waals surface area contributed by atoms with Crippen molar-refractivity contribution in [2.24, 2.45) is 17.4 Å². The second kappa shape index (κ2) is 15.1. The molecule has 198 valence electrons. The first-order valence-electron chi connectivity index (χ1n) is 11.7. The molecule has 0 saturated carbocycles. The predicted octanol–water partition coefficient (Wildman–Crippen LogP) is -1.63. The number of carboxylic acid groups (broad SMARTS) is 1. The van der Waals surface area contributed by atoms with Crippen molar-refractivity contribution in [3.63, 3.8) is 0 Å². The van der Waals surface area contributed by atoms with Gasteiger partial charge in [-0.1, -0.05) is 13.8 Å². The number of aromatic nitrogens is 2. The average Bonchev–Trinajstić information content (AvgIpc) is 3.28. The standard InChI is InChI=1S/C22H39N7O6/c1-12(2)8-17(22(34)35)28-21(33)18(13(3)30)29-20(32)16(6-4-5-7-23)27-19(31)15(24)9-14-10-25-11-26-14/h10-13,15-18,30H,4-9,23-24H2,1-3H3,(H,25,26)(H,27,31)(H,28,33)(H,29,32)(H,34,35). The molecule has 13 heteroatoms. The molecule has 5 unspecified atom stereocenters. The van der Waals surface area contributed by atoms with Crippen molar-refractivity contribution in [1.82, 2.24) is 25.9 Å². The van der Waals surface area contributed by atoms with Crippen LogP contribution in [0, 0.1) is 5.92 Å². The van der Waals surface area contributed by atoms with Crippen LogP contribution in [0.2, 0.25) is 0 Å². The number of carboxylic acids is 1. The molecule has 1 aromatic heterocycles. The largest absolute Gasteiger partial charge is 0.480 e. The van der Waals surface area contributed by atoms with Crippen LogP contribution in [0.1, 0.15) is 52.1 Å². The molecule has 0 aliphatic heterocycles. The average molecular weight is 498 g/mol. The number of nitrogens with zero attached hydrogens (tertiary/aromatic N) is 1. The lowest BCUT2D eigenvalue weighted by Gasteiger charge is -2.27. The number of nitrogens with one attached hydrogen (secondary N) is 4. The van der Waals surface area contributed by atoms with Crippen LogP contribution in [0.15, 0.2) is 12.5 Å². The van der Waals surface area contributed by atoms with Gasteiger partial charge in [-0.05, 0) is 45.1 Å². The zero-order chi connectivity index (χ0) is 26.5. The molecule has 3 amide bonds. The van der Waals surface area contributed by atoms with E-state index in [1.165, 1.54) is 19.4 Å². The third-order valence-corrected chi connectivity index (χ3v) is 5.30. The number of aromatic amines is 1. The number of carbonyl (C=O) groups excluding carboxylic acids is 3. The Hall–Kier alpha value is -3.03. The highest BCUT2D eigenvalue weighted by Crippen LogP contribution is 2.08. The van der Waals surface area contributed by atoms with E-state index in [1.54, 1.807) is 0 Å². The quantitative estimate of drug-likeness (QED) is 0.123. The molecular formula is C22H39N7O6. The Morgan fingerprint density at radius 2 is 1.69 bits per heavy atom. The minimum Gasteiger partial charge on any atom is -0.480 e. The Kier molecular flexibility index (Phi) is 12.9. The number of imidazole rings is 1. The van der Waals surface area contributed by atoms with Crippen LogP contribution in [0.5, 0.6) is 0 Å². The fourth-order valence-corrected chi connectivity index (χ4v) is 3.38. The van der Waals surface area contributed by atoms with Crippen LogP contribution < -0.4 is 27.4 Å². The summed E-state index contributed by atoms with van der Waals surface area (Å²) in [5.74, 6) is -3.36. The number of nitrogens with two attached hydrogens (primary N) is 2. The van der Waals surface area contributed by atoms with Crippen molar-refractivity contribution in [2.45, 2.75) is 83.1 Å². The van der Waals surface area contributed by atoms with Crippen LogP contribution in [0.4, 0.5) is 0 Å². The minimum absolute atomic E-state index is 0.0101. The second-order valence-electron chi connectivity index (χ2n) is 8.99. The lowest BCUT2D eigenvalue weighted by Crippen LogP contribution is -2.60. The number of rotatable bonds is 16. The minimum atomic E-state index is -1.43. The third-order valence-electron chi connectivity index (χ3n) is 5.30. The van der Waals surface area contributed by atoms with Gasteiger partial charge in [-0.15, -0.1) is 0 Å². The highest BCUT2D eigenvalue weighted by Gasteiger charge is 2.32. The molecule has 0 aromatic carbocycles. The van der Waals surface area contributed by atoms with Crippen LogP contribution in [0.3, 0.4) is 0 Å². The molecule has 0 saturated heterocycles. The van der Waals surface area contributed by atoms with E-state index < -0.39 is 54.0 Å². The first kappa shape index (κ1) is 30.0. The zero-order valence-corrected chi connectivity index (χ0v) is 20.5. The summed E-state index contributed by atoms with van der Waals surface area (Å²) in [4.78, 5) is 56.6. The molecule has 0 aliphatic carbocycles. The molecular weight excluding hydrogens is 458 g/mol. The number of H-pyrrole nitrogens is 1. The molecule has 0 radical (unpaired) electrons. The Morgan fingerprint density at radius 3 is 2.20 bits per heavy atom. The zero-order valence-electron chi connectivity index (χ0n) is 20.5. The fourth-order valence-electron chi connectivity index (χ4n) is 3.38. The van der Waals surface area contributed by atoms with Gasteiger partial charge in [0, 0.05) is 18.3 Å². The summed E-state index contributed by atoms with van der Waals surface area (Å²) in [6, 6.07) is -4.60. The van der Waals surface area contributed by atoms with Gasteiger partial charge in [0.15, 0.2) is 0 Å². The number of amides is 3. The van der Waals surface area contributed by atoms with E-state index in [-0.39, 0.29) is 25.2 Å². The van der Waals surface area contributed by atoms with Crippen molar-refractivity contribution >= 4 is 23.7 Å². The van der Waals surface area contributed by atoms with Gasteiger partial charge in [0.2, 0.25) is 17.7 Å². The van der Waals surface area contributed by atoms with E-state index in [0.29, 0.717) is 25.1 Å². The number of unbranched alkanes of at least 4 members (excludes halogenated alkanes) is 1. The molecule has 0 fully saturated rings. The van der Waals surface area contributed by atoms with Crippen LogP contribution in [-0.2, 0) is 25.6 Å². The topological polar surface area (TPSA) is 226 Å². The van der Waals surface area contributed by atoms with E-state index >= 15 is 0 Å². The van der Waals surface area contributed by atoms with Crippen molar-refractivity contribution < 1.29 is 29.4 Å². The monoisotopic (exact) mass is 497 g/mol. The summed E-state index contributed by atoms with van der Waals surface area (Å²) in [5, 5.41) is 26.9. The lowest BCUT2D eigenvalue weighted by atomic mass is 10.0. The van der Waals surface area contributed by atoms with Crippen LogP contribution >= 0.6 is 0 Å². The summed E-state index contributed by atoms with van der Waals surface area (Å²) in [6.45, 7) is 5.31. The van der Waals surface area contributed by atoms with E-state index in [4.69, 9.17) is 11.5 Å². The molecule has 0 bridgehead atoms. The Labute approximate surface area is 204 Å². The van der Waals surface area contributed by atoms with Gasteiger partial charge in [-0.25, -0.2) is 9.78 Å². The van der Waals surface area contributed by atoms with Gasteiger partial charge >= 0.3 is 5.97 Å². The van der Waals surface area contributed by atoms with Crippen molar-refractivity contribution in [1.29, 1.82) is 0 Å². The fraction of sp³-hybridized carbons (Fsp3) is 0.682. The van der Waals surface area contributed by atoms with Crippen molar-refractivity contribution in [2.75, 3.05) is 6.54 Å². The number of aliphatic hydroxyl groups excluding tert-OH is 1. The molecule has 1 rings (SSSR count). The molecule has 1 heterocycles. The predicted molar refractivity (Wildman–Crippen MR) is 128 cm³/mol. The molecule has 13 nitrogen and oxygen atoms in total. The summed E-state index contributed by atoms with van der Waals surface area (Å²) in [6.07, 6.45) is 3.37. The van der Waals surface area contributed by atoms with E-state index in [0.717, 1.165) is 0 Å². The number of aliphatic hydroxyl groups is 1. The SMILES string of the molecule is CC(C)CC(NC(=O)C(NC(=O)C(CCCCN)NC(=O)C(N)Cc1cnc[nH]1)C(C)O)C(=O)O. The third kappa shape index (κ3) is 10.8. The lowest BCUT2D eigenvalue weighted by molar-refractivity contribution is -0.143. The summed E-state index contributed by atoms with van der Waals surface area (Å²) in [7, 11) is 0. The first-order valence-corrected chi connectivity index (χ1v) is 11.7. The van der Waals surface area contributed by atoms with Gasteiger partial charge in [-0.2, -0.15) is 0 Å². The van der Waals surface area contributed by atoms with Gasteiger partial charge in [0.05, 0.1) is 18.5 Å². The van der Waals surface area contributed by atoms with Crippen molar-refractivity contribution in [3.8, 4) is 0 Å². The highest BCUT2D eigenvalue weighted by atomic mass is 16.4. The molecule has 5 atom stereocenters. The molecule has 10 N–H and O–H groups in total. The number of aliphatic carboxylic acids is 1. The smallest absolute Gasteiger partial charge is 0.326 e. The maximum absolute atomic E-state index is 13.0. The normalized spacial score (nSPS) is 15.5. The van der Waals surface area contributed by atoms with Crippen molar-refractivity contribution in [3.05, 3.63) is 18.2 Å². The maximum atomic E-state index is 13.0. The number of carbonyl (C=O) groups is 4. The van der Waals surface area contributed by atoms with E-state index in [9.17, 15) is 29.4 Å². The molecule has 0 spiro atoms. The molecule has 35 heavy (non-hydrogen) atoms. The van der Waals surface area contributed by atoms with Gasteiger partial charge in [0.25, 0.3) is 0 Å². The first-order chi connectivity index (χ1) is 16.5. The number of hydrogen-bond donors (Lipinski definition) is 8. The summed E-state index contributed by atoms with van der Waals surface area (Å²) < 4.78 is 0. The summed E-state index contributed by atoms with van der Waals surface area (Å²) in [5.41, 5.74) is 12.1. The Morgan fingerprint density at radius 1 is 1.03 bits per heavy atom. The maximum Gasteiger partial charge on any atom is 0.326 e. The van der Waals surface area contributed by atoms with Gasteiger partial charge in [-0.3, -0.25) is 14.4 Å². The van der Waals surface area contributed by atoms with Crippen LogP contribution in [-0.4, -0.2) is 80.7 Å². The van der Waals surface area contributed by atoms with E-state index in [2.05, 4.69) is 25.9 Å². The van der Waals surface area contributed by atoms with Crippen LogP contribution in [0.25, 0.3) is 0 Å². The molecule has 0 aliphatic rings. The Balaban J connectivity index is 2.91.